The van der Waals surface area contributed by atoms with Gasteiger partial charge in [0.05, 0.1) is 5.56 Å². The number of piperidine rings is 1. The lowest BCUT2D eigenvalue weighted by Crippen LogP contribution is -2.55. The Labute approximate surface area is 173 Å². The Morgan fingerprint density at radius 3 is 2.41 bits per heavy atom. The molecular weight excluding hydrogens is 368 g/mol. The van der Waals surface area contributed by atoms with Gasteiger partial charge in [0.25, 0.3) is 5.91 Å². The lowest BCUT2D eigenvalue weighted by Gasteiger charge is -2.41. The van der Waals surface area contributed by atoms with Crippen molar-refractivity contribution in [2.45, 2.75) is 51.7 Å². The first kappa shape index (κ1) is 21.4. The monoisotopic (exact) mass is 402 g/mol. The minimum absolute atomic E-state index is 0.00389. The van der Waals surface area contributed by atoms with Crippen LogP contribution >= 0.6 is 0 Å². The van der Waals surface area contributed by atoms with E-state index in [0.717, 1.165) is 45.4 Å². The molecular formula is C22H34N4O3. The average molecular weight is 403 g/mol. The summed E-state index contributed by atoms with van der Waals surface area (Å²) in [6.07, 6.45) is 2.95. The van der Waals surface area contributed by atoms with E-state index in [1.54, 1.807) is 12.1 Å². The van der Waals surface area contributed by atoms with Crippen LogP contribution in [0.5, 0.6) is 0 Å². The van der Waals surface area contributed by atoms with Crippen LogP contribution in [-0.2, 0) is 4.74 Å². The van der Waals surface area contributed by atoms with E-state index in [9.17, 15) is 9.59 Å². The standard InChI is InChI=1S/C22H34N4O3/c1-22(2,3)29-21(28)26-11-7-6-8-17(26)16-24-12-14-25(15-13-24)20(27)18-9-4-5-10-19(18)23/h4-5,9-10,17H,6-8,11-16,23H2,1-3H3. The number of para-hydroxylation sites is 1. The van der Waals surface area contributed by atoms with E-state index in [1.807, 2.05) is 42.7 Å². The molecule has 0 radical (unpaired) electrons. The van der Waals surface area contributed by atoms with Crippen molar-refractivity contribution >= 4 is 17.7 Å². The molecule has 1 atom stereocenters. The highest BCUT2D eigenvalue weighted by atomic mass is 16.6. The number of carbonyl (C=O) groups is 2. The Hall–Kier alpha value is -2.28. The third-order valence-electron chi connectivity index (χ3n) is 5.57. The molecule has 1 aromatic carbocycles. The summed E-state index contributed by atoms with van der Waals surface area (Å²) >= 11 is 0. The molecule has 0 bridgehead atoms. The van der Waals surface area contributed by atoms with Gasteiger partial charge in [0.1, 0.15) is 5.60 Å². The van der Waals surface area contributed by atoms with Gasteiger partial charge < -0.3 is 20.3 Å². The molecule has 2 saturated heterocycles. The number of likely N-dealkylation sites (tertiary alicyclic amines) is 1. The smallest absolute Gasteiger partial charge is 0.410 e. The fourth-order valence-electron chi connectivity index (χ4n) is 4.04. The molecule has 0 saturated carbocycles. The third kappa shape index (κ3) is 5.63. The van der Waals surface area contributed by atoms with Crippen LogP contribution in [0.25, 0.3) is 0 Å². The van der Waals surface area contributed by atoms with E-state index < -0.39 is 5.60 Å². The summed E-state index contributed by atoms with van der Waals surface area (Å²) in [5.41, 5.74) is 6.57. The van der Waals surface area contributed by atoms with Crippen molar-refractivity contribution in [1.29, 1.82) is 0 Å². The van der Waals surface area contributed by atoms with Gasteiger partial charge in [0, 0.05) is 51.0 Å². The summed E-state index contributed by atoms with van der Waals surface area (Å²) in [6.45, 7) is 10.2. The highest BCUT2D eigenvalue weighted by Gasteiger charge is 2.32. The minimum atomic E-state index is -0.482. The van der Waals surface area contributed by atoms with Crippen LogP contribution in [0.3, 0.4) is 0 Å². The molecule has 0 aromatic heterocycles. The number of nitrogen functional groups attached to an aromatic ring is 1. The molecule has 7 heteroatoms. The average Bonchev–Trinajstić information content (AvgIpc) is 2.67. The van der Waals surface area contributed by atoms with Crippen molar-refractivity contribution in [1.82, 2.24) is 14.7 Å². The van der Waals surface area contributed by atoms with Crippen molar-refractivity contribution in [2.75, 3.05) is 45.0 Å². The van der Waals surface area contributed by atoms with Gasteiger partial charge in [-0.25, -0.2) is 4.79 Å². The normalized spacial score (nSPS) is 21.1. The Bertz CT molecular complexity index is 723. The lowest BCUT2D eigenvalue weighted by molar-refractivity contribution is 0.00281. The second-order valence-electron chi connectivity index (χ2n) is 9.00. The van der Waals surface area contributed by atoms with Gasteiger partial charge in [-0.1, -0.05) is 12.1 Å². The second-order valence-corrected chi connectivity index (χ2v) is 9.00. The Morgan fingerprint density at radius 1 is 1.07 bits per heavy atom. The number of benzene rings is 1. The zero-order valence-corrected chi connectivity index (χ0v) is 17.9. The maximum Gasteiger partial charge on any atom is 0.410 e. The SMILES string of the molecule is CC(C)(C)OC(=O)N1CCCCC1CN1CCN(C(=O)c2ccccc2N)CC1. The molecule has 2 amide bonds. The van der Waals surface area contributed by atoms with Crippen LogP contribution in [0, 0.1) is 0 Å². The van der Waals surface area contributed by atoms with Crippen molar-refractivity contribution in [3.05, 3.63) is 29.8 Å². The molecule has 1 unspecified atom stereocenters. The van der Waals surface area contributed by atoms with Crippen molar-refractivity contribution < 1.29 is 14.3 Å². The number of piperazine rings is 1. The number of hydrogen-bond donors (Lipinski definition) is 1. The van der Waals surface area contributed by atoms with Crippen LogP contribution < -0.4 is 5.73 Å². The number of rotatable bonds is 3. The number of hydrogen-bond acceptors (Lipinski definition) is 5. The fourth-order valence-corrected chi connectivity index (χ4v) is 4.04. The van der Waals surface area contributed by atoms with Crippen molar-refractivity contribution in [3.8, 4) is 0 Å². The molecule has 0 aliphatic carbocycles. The van der Waals surface area contributed by atoms with E-state index in [4.69, 9.17) is 10.5 Å². The number of nitrogens with two attached hydrogens (primary N) is 1. The van der Waals surface area contributed by atoms with Crippen LogP contribution in [0.15, 0.2) is 24.3 Å². The quantitative estimate of drug-likeness (QED) is 0.787. The van der Waals surface area contributed by atoms with Crippen LogP contribution in [0.2, 0.25) is 0 Å². The van der Waals surface area contributed by atoms with Gasteiger partial charge in [-0.15, -0.1) is 0 Å². The maximum atomic E-state index is 12.7. The van der Waals surface area contributed by atoms with Crippen molar-refractivity contribution in [2.24, 2.45) is 0 Å². The van der Waals surface area contributed by atoms with E-state index >= 15 is 0 Å². The Kier molecular flexibility index (Phi) is 6.67. The number of anilines is 1. The molecule has 1 aromatic rings. The summed E-state index contributed by atoms with van der Waals surface area (Å²) in [7, 11) is 0. The predicted octanol–water partition coefficient (Wildman–Crippen LogP) is 2.82. The van der Waals surface area contributed by atoms with Gasteiger partial charge in [-0.05, 0) is 52.2 Å². The zero-order valence-electron chi connectivity index (χ0n) is 17.9. The first-order chi connectivity index (χ1) is 13.7. The number of ether oxygens (including phenoxy) is 1. The second kappa shape index (κ2) is 9.03. The molecule has 2 heterocycles. The molecule has 2 N–H and O–H groups in total. The molecule has 2 aliphatic rings. The fraction of sp³-hybridized carbons (Fsp3) is 0.636. The number of nitrogens with zero attached hydrogens (tertiary/aromatic N) is 3. The minimum Gasteiger partial charge on any atom is -0.444 e. The molecule has 2 fully saturated rings. The Balaban J connectivity index is 1.54. The summed E-state index contributed by atoms with van der Waals surface area (Å²) in [6, 6.07) is 7.40. The predicted molar refractivity (Wildman–Crippen MR) is 114 cm³/mol. The summed E-state index contributed by atoms with van der Waals surface area (Å²) < 4.78 is 5.61. The molecule has 160 valence electrons. The van der Waals surface area contributed by atoms with Crippen LogP contribution in [-0.4, -0.2) is 77.6 Å². The zero-order chi connectivity index (χ0) is 21.0. The number of amides is 2. The molecule has 29 heavy (non-hydrogen) atoms. The first-order valence-corrected chi connectivity index (χ1v) is 10.6. The molecule has 2 aliphatic heterocycles. The van der Waals surface area contributed by atoms with E-state index in [1.165, 1.54) is 0 Å². The third-order valence-corrected chi connectivity index (χ3v) is 5.57. The highest BCUT2D eigenvalue weighted by molar-refractivity contribution is 5.99. The van der Waals surface area contributed by atoms with Gasteiger partial charge in [0.15, 0.2) is 0 Å². The van der Waals surface area contributed by atoms with Gasteiger partial charge in [-0.3, -0.25) is 9.69 Å². The van der Waals surface area contributed by atoms with E-state index in [0.29, 0.717) is 24.3 Å². The first-order valence-electron chi connectivity index (χ1n) is 10.6. The van der Waals surface area contributed by atoms with Crippen LogP contribution in [0.1, 0.15) is 50.4 Å². The summed E-state index contributed by atoms with van der Waals surface area (Å²) in [5, 5.41) is 0. The lowest BCUT2D eigenvalue weighted by atomic mass is 10.0. The van der Waals surface area contributed by atoms with E-state index in [2.05, 4.69) is 4.90 Å². The molecule has 3 rings (SSSR count). The summed E-state index contributed by atoms with van der Waals surface area (Å²) in [5.74, 6) is -0.00389. The van der Waals surface area contributed by atoms with Gasteiger partial charge in [-0.2, -0.15) is 0 Å². The van der Waals surface area contributed by atoms with Crippen molar-refractivity contribution in [3.63, 3.8) is 0 Å². The Morgan fingerprint density at radius 2 is 1.76 bits per heavy atom. The topological polar surface area (TPSA) is 79.1 Å². The molecule has 7 nitrogen and oxygen atoms in total. The number of carbonyl (C=O) groups excluding carboxylic acids is 2. The summed E-state index contributed by atoms with van der Waals surface area (Å²) in [4.78, 5) is 31.5. The largest absolute Gasteiger partial charge is 0.444 e. The highest BCUT2D eigenvalue weighted by Crippen LogP contribution is 2.22. The molecule has 0 spiro atoms. The maximum absolute atomic E-state index is 12.7. The van der Waals surface area contributed by atoms with Gasteiger partial charge in [0.2, 0.25) is 0 Å². The van der Waals surface area contributed by atoms with Gasteiger partial charge >= 0.3 is 6.09 Å². The van der Waals surface area contributed by atoms with E-state index in [-0.39, 0.29) is 18.0 Å². The van der Waals surface area contributed by atoms with Crippen LogP contribution in [0.4, 0.5) is 10.5 Å².